The topological polar surface area (TPSA) is 61.8 Å². The molecule has 0 saturated heterocycles. The quantitative estimate of drug-likeness (QED) is 0.181. The molecule has 0 N–H and O–H groups in total. The summed E-state index contributed by atoms with van der Waals surface area (Å²) in [5.41, 5.74) is 11.1. The Labute approximate surface area is 288 Å². The molecule has 0 spiro atoms. The van der Waals surface area contributed by atoms with Gasteiger partial charge in [-0.15, -0.1) is 0 Å². The van der Waals surface area contributed by atoms with Gasteiger partial charge in [-0.05, 0) is 88.8 Å². The van der Waals surface area contributed by atoms with Gasteiger partial charge in [0.05, 0.1) is 57.6 Å². The van der Waals surface area contributed by atoms with Gasteiger partial charge >= 0.3 is 0 Å². The lowest BCUT2D eigenvalue weighted by atomic mass is 9.89. The van der Waals surface area contributed by atoms with Crippen LogP contribution in [0.25, 0.3) is 82.1 Å². The van der Waals surface area contributed by atoms with Crippen molar-refractivity contribution in [2.45, 2.75) is 0 Å². The molecule has 0 atom stereocenters. The highest BCUT2D eigenvalue weighted by Crippen LogP contribution is 2.42. The summed E-state index contributed by atoms with van der Waals surface area (Å²) in [6, 6.07) is 55.5. The Morgan fingerprint density at radius 2 is 1.12 bits per heavy atom. The Balaban J connectivity index is 1.28. The Morgan fingerprint density at radius 1 is 0.500 bits per heavy atom. The molecule has 0 fully saturated rings. The fraction of sp³-hybridized carbons (Fsp3) is 0. The number of hydrogen-bond acceptors (Lipinski definition) is 2. The summed E-state index contributed by atoms with van der Waals surface area (Å²) in [7, 11) is 0. The normalized spacial score (nSPS) is 11.1. The third-order valence-electron chi connectivity index (χ3n) is 9.62. The summed E-state index contributed by atoms with van der Waals surface area (Å²) in [6.45, 7) is 7.62. The van der Waals surface area contributed by atoms with Gasteiger partial charge in [-0.3, -0.25) is 0 Å². The van der Waals surface area contributed by atoms with E-state index in [1.165, 1.54) is 10.8 Å². The molecule has 9 aromatic rings. The third kappa shape index (κ3) is 4.31. The number of benzene rings is 7. The zero-order chi connectivity index (χ0) is 33.8. The van der Waals surface area contributed by atoms with Crippen molar-refractivity contribution in [3.63, 3.8) is 0 Å². The van der Waals surface area contributed by atoms with Crippen molar-refractivity contribution >= 4 is 49.3 Å². The maximum Gasteiger partial charge on any atom is 0.188 e. The van der Waals surface area contributed by atoms with Gasteiger partial charge in [-0.25, -0.2) is 4.85 Å². The molecule has 5 heteroatoms. The second kappa shape index (κ2) is 11.4. The first-order valence-electron chi connectivity index (χ1n) is 16.3. The number of hydrogen-bond donors (Lipinski definition) is 0. The van der Waals surface area contributed by atoms with Gasteiger partial charge in [0.25, 0.3) is 0 Å². The molecule has 0 amide bonds. The summed E-state index contributed by atoms with van der Waals surface area (Å²) in [4.78, 5) is 3.68. The van der Waals surface area contributed by atoms with Gasteiger partial charge in [0.15, 0.2) is 5.69 Å². The highest BCUT2D eigenvalue weighted by Gasteiger charge is 2.21. The molecule has 0 aliphatic heterocycles. The second-order valence-electron chi connectivity index (χ2n) is 12.3. The number of fused-ring (bicyclic) bond motifs is 6. The Kier molecular flexibility index (Phi) is 6.56. The Hall–Kier alpha value is -7.39. The summed E-state index contributed by atoms with van der Waals surface area (Å²) in [5.74, 6) is 0. The maximum absolute atomic E-state index is 10.5. The van der Waals surface area contributed by atoms with Crippen LogP contribution in [0.2, 0.25) is 0 Å². The first kappa shape index (κ1) is 28.8. The maximum atomic E-state index is 10.5. The van der Waals surface area contributed by atoms with Crippen LogP contribution in [0.5, 0.6) is 0 Å². The zero-order valence-electron chi connectivity index (χ0n) is 26.7. The molecule has 5 nitrogen and oxygen atoms in total. The SMILES string of the molecule is [C-]#[N+]c1ccc2c(c1)c1ccccc1n2-c1cccc(C#N)c1-c1cc(C#N)ccc1-c1ccc(-n2c3ccccc3c3ccccc32)cc1. The standard InChI is InChI=1S/C45H25N5/c1-48-32-20-24-43-38(26-32)37-12-4-7-15-42(37)50(43)44-16-8-9-31(28-47)45(44)39-25-29(27-46)17-23-34(39)30-18-21-33(22-19-30)49-40-13-5-2-10-35(40)36-11-3-6-14-41(36)49/h2-26H. The summed E-state index contributed by atoms with van der Waals surface area (Å²) in [5, 5.41) is 25.0. The van der Waals surface area contributed by atoms with E-state index in [4.69, 9.17) is 6.57 Å². The number of nitrogens with zero attached hydrogens (tertiary/aromatic N) is 5. The molecule has 0 radical (unpaired) electrons. The summed E-state index contributed by atoms with van der Waals surface area (Å²) >= 11 is 0. The average molecular weight is 636 g/mol. The largest absolute Gasteiger partial charge is 0.309 e. The lowest BCUT2D eigenvalue weighted by molar-refractivity contribution is 1.18. The van der Waals surface area contributed by atoms with Crippen LogP contribution in [-0.4, -0.2) is 9.13 Å². The monoisotopic (exact) mass is 635 g/mol. The minimum atomic E-state index is 0.504. The van der Waals surface area contributed by atoms with E-state index in [2.05, 4.69) is 111 Å². The van der Waals surface area contributed by atoms with Crippen molar-refractivity contribution in [3.05, 3.63) is 174 Å². The number of nitriles is 2. The fourth-order valence-corrected chi connectivity index (χ4v) is 7.46. The highest BCUT2D eigenvalue weighted by atomic mass is 15.0. The van der Waals surface area contributed by atoms with Crippen LogP contribution >= 0.6 is 0 Å². The first-order chi connectivity index (χ1) is 24.7. The average Bonchev–Trinajstić information content (AvgIpc) is 3.70. The van der Waals surface area contributed by atoms with Crippen molar-refractivity contribution in [1.29, 1.82) is 10.5 Å². The third-order valence-corrected chi connectivity index (χ3v) is 9.62. The van der Waals surface area contributed by atoms with Gasteiger partial charge in [0.1, 0.15) is 0 Å². The predicted octanol–water partition coefficient (Wildman–Crippen LogP) is 11.5. The molecular formula is C45H25N5. The van der Waals surface area contributed by atoms with Crippen molar-refractivity contribution in [2.24, 2.45) is 0 Å². The number of rotatable bonds is 4. The molecule has 230 valence electrons. The van der Waals surface area contributed by atoms with Gasteiger partial charge < -0.3 is 9.13 Å². The van der Waals surface area contributed by atoms with Crippen molar-refractivity contribution in [2.75, 3.05) is 0 Å². The van der Waals surface area contributed by atoms with Crippen LogP contribution in [0.15, 0.2) is 152 Å². The van der Waals surface area contributed by atoms with Crippen molar-refractivity contribution in [1.82, 2.24) is 9.13 Å². The molecule has 0 bridgehead atoms. The zero-order valence-corrected chi connectivity index (χ0v) is 26.7. The van der Waals surface area contributed by atoms with E-state index in [-0.39, 0.29) is 0 Å². The lowest BCUT2D eigenvalue weighted by Gasteiger charge is -2.19. The van der Waals surface area contributed by atoms with E-state index in [1.54, 1.807) is 0 Å². The van der Waals surface area contributed by atoms with E-state index < -0.39 is 0 Å². The van der Waals surface area contributed by atoms with Crippen LogP contribution in [0, 0.1) is 29.2 Å². The molecule has 9 rings (SSSR count). The molecule has 0 unspecified atom stereocenters. The van der Waals surface area contributed by atoms with Crippen molar-refractivity contribution < 1.29 is 0 Å². The smallest absolute Gasteiger partial charge is 0.188 e. The predicted molar refractivity (Wildman–Crippen MR) is 202 cm³/mol. The Bertz CT molecular complexity index is 2900. The molecule has 0 saturated carbocycles. The fourth-order valence-electron chi connectivity index (χ4n) is 7.46. The van der Waals surface area contributed by atoms with E-state index >= 15 is 0 Å². The molecule has 2 aromatic heterocycles. The van der Waals surface area contributed by atoms with E-state index in [0.717, 1.165) is 66.5 Å². The first-order valence-corrected chi connectivity index (χ1v) is 16.3. The van der Waals surface area contributed by atoms with Gasteiger partial charge in [0, 0.05) is 27.4 Å². The van der Waals surface area contributed by atoms with Crippen LogP contribution in [0.3, 0.4) is 0 Å². The van der Waals surface area contributed by atoms with Crippen LogP contribution < -0.4 is 0 Å². The molecule has 0 aliphatic rings. The van der Waals surface area contributed by atoms with E-state index in [9.17, 15) is 10.5 Å². The molecule has 7 aromatic carbocycles. The van der Waals surface area contributed by atoms with Gasteiger partial charge in [0.2, 0.25) is 0 Å². The minimum Gasteiger partial charge on any atom is -0.309 e. The minimum absolute atomic E-state index is 0.504. The van der Waals surface area contributed by atoms with E-state index in [0.29, 0.717) is 16.8 Å². The van der Waals surface area contributed by atoms with E-state index in [1.807, 2.05) is 66.7 Å². The lowest BCUT2D eigenvalue weighted by Crippen LogP contribution is -2.01. The van der Waals surface area contributed by atoms with Crippen molar-refractivity contribution in [3.8, 4) is 45.8 Å². The second-order valence-corrected chi connectivity index (χ2v) is 12.3. The number of para-hydroxylation sites is 3. The number of aromatic nitrogens is 2. The highest BCUT2D eigenvalue weighted by molar-refractivity contribution is 6.11. The molecular weight excluding hydrogens is 611 g/mol. The van der Waals surface area contributed by atoms with Gasteiger partial charge in [-0.2, -0.15) is 10.5 Å². The summed E-state index contributed by atoms with van der Waals surface area (Å²) in [6.07, 6.45) is 0. The molecule has 2 heterocycles. The van der Waals surface area contributed by atoms with Gasteiger partial charge in [-0.1, -0.05) is 84.9 Å². The Morgan fingerprint density at radius 3 is 1.76 bits per heavy atom. The molecule has 0 aliphatic carbocycles. The van der Waals surface area contributed by atoms with Crippen LogP contribution in [-0.2, 0) is 0 Å². The van der Waals surface area contributed by atoms with Crippen LogP contribution in [0.4, 0.5) is 5.69 Å². The van der Waals surface area contributed by atoms with Crippen LogP contribution in [0.1, 0.15) is 11.1 Å². The summed E-state index contributed by atoms with van der Waals surface area (Å²) < 4.78 is 4.46. The molecule has 50 heavy (non-hydrogen) atoms.